The third-order valence-electron chi connectivity index (χ3n) is 5.39. The Morgan fingerprint density at radius 2 is 1.95 bits per heavy atom. The highest BCUT2D eigenvalue weighted by Crippen LogP contribution is 2.46. The molecule has 0 saturated carbocycles. The maximum absolute atomic E-state index is 13.4. The molecule has 0 aliphatic heterocycles. The van der Waals surface area contributed by atoms with Gasteiger partial charge in [0.05, 0.1) is 15.1 Å². The fraction of sp³-hybridized carbons (Fsp3) is 0.125. The van der Waals surface area contributed by atoms with Crippen molar-refractivity contribution in [3.05, 3.63) is 75.4 Å². The first kappa shape index (κ1) is 23.8. The van der Waals surface area contributed by atoms with Crippen LogP contribution < -0.4 is 0 Å². The van der Waals surface area contributed by atoms with Gasteiger partial charge in [0.1, 0.15) is 29.4 Å². The number of carbonyl (C=O) groups excluding carboxylic acids is 2. The first-order chi connectivity index (χ1) is 17.6. The molecule has 188 valence electrons. The van der Waals surface area contributed by atoms with Crippen LogP contribution in [0.3, 0.4) is 0 Å². The summed E-state index contributed by atoms with van der Waals surface area (Å²) in [4.78, 5) is 39.7. The normalized spacial score (nSPS) is 11.2. The van der Waals surface area contributed by atoms with Crippen molar-refractivity contribution in [2.45, 2.75) is 20.5 Å². The quantitative estimate of drug-likeness (QED) is 0.130. The molecule has 4 aromatic heterocycles. The van der Waals surface area contributed by atoms with Crippen molar-refractivity contribution >= 4 is 39.0 Å². The second kappa shape index (κ2) is 8.95. The van der Waals surface area contributed by atoms with Crippen LogP contribution in [0.5, 0.6) is 11.6 Å². The molecule has 0 unspecified atom stereocenters. The van der Waals surface area contributed by atoms with Gasteiger partial charge in [-0.1, -0.05) is 11.3 Å². The fourth-order valence-corrected chi connectivity index (χ4v) is 4.74. The van der Waals surface area contributed by atoms with Crippen LogP contribution in [0, 0.1) is 17.0 Å². The van der Waals surface area contributed by atoms with Crippen molar-refractivity contribution in [1.82, 2.24) is 9.55 Å². The molecule has 0 radical (unpaired) electrons. The number of nitro groups is 1. The van der Waals surface area contributed by atoms with E-state index < -0.39 is 28.3 Å². The highest BCUT2D eigenvalue weighted by atomic mass is 32.1. The number of nitro benzene ring substituents is 1. The number of furan rings is 2. The summed E-state index contributed by atoms with van der Waals surface area (Å²) in [7, 11) is 0. The number of rotatable bonds is 7. The van der Waals surface area contributed by atoms with Gasteiger partial charge in [-0.05, 0) is 37.3 Å². The van der Waals surface area contributed by atoms with E-state index in [-0.39, 0.29) is 46.0 Å². The molecule has 5 rings (SSSR count). The topological polar surface area (TPSA) is 171 Å². The van der Waals surface area contributed by atoms with Crippen molar-refractivity contribution in [2.24, 2.45) is 0 Å². The van der Waals surface area contributed by atoms with Gasteiger partial charge >= 0.3 is 5.97 Å². The van der Waals surface area contributed by atoms with Crippen LogP contribution in [0.1, 0.15) is 34.6 Å². The summed E-state index contributed by atoms with van der Waals surface area (Å²) in [5, 5.41) is 33.1. The minimum Gasteiger partial charge on any atom is -0.503 e. The SMILES string of the molecule is CC(=O)OCc1ccc(-c2c(C(=O)c3ccc(C)o3)c(O)c(O)n2-c2nc3ccc([N+](=O)[O-])cc3s2)o1. The third-order valence-corrected chi connectivity index (χ3v) is 6.39. The Hall–Kier alpha value is -4.91. The van der Waals surface area contributed by atoms with E-state index >= 15 is 0 Å². The average molecular weight is 523 g/mol. The van der Waals surface area contributed by atoms with Crippen LogP contribution >= 0.6 is 11.3 Å². The highest BCUT2D eigenvalue weighted by Gasteiger charge is 2.34. The van der Waals surface area contributed by atoms with Gasteiger partial charge in [-0.3, -0.25) is 19.7 Å². The van der Waals surface area contributed by atoms with Gasteiger partial charge < -0.3 is 23.8 Å². The second-order valence-electron chi connectivity index (χ2n) is 7.92. The molecule has 0 bridgehead atoms. The van der Waals surface area contributed by atoms with Gasteiger partial charge in [-0.15, -0.1) is 0 Å². The largest absolute Gasteiger partial charge is 0.503 e. The second-order valence-corrected chi connectivity index (χ2v) is 8.93. The van der Waals surface area contributed by atoms with Crippen LogP contribution in [-0.4, -0.2) is 36.4 Å². The van der Waals surface area contributed by atoms with Crippen molar-refractivity contribution in [3.63, 3.8) is 0 Å². The number of esters is 1. The maximum atomic E-state index is 13.4. The summed E-state index contributed by atoms with van der Waals surface area (Å²) in [6.07, 6.45) is 0. The molecule has 2 N–H and O–H groups in total. The number of benzene rings is 1. The molecule has 0 saturated heterocycles. The van der Waals surface area contributed by atoms with E-state index in [4.69, 9.17) is 13.6 Å². The van der Waals surface area contributed by atoms with E-state index in [0.717, 1.165) is 15.9 Å². The summed E-state index contributed by atoms with van der Waals surface area (Å²) < 4.78 is 17.7. The number of fused-ring (bicyclic) bond motifs is 1. The number of aromatic nitrogens is 2. The minimum atomic E-state index is -0.739. The van der Waals surface area contributed by atoms with Crippen molar-refractivity contribution in [2.75, 3.05) is 0 Å². The molecule has 4 heterocycles. The Balaban J connectivity index is 1.72. The van der Waals surface area contributed by atoms with Gasteiger partial charge in [-0.2, -0.15) is 0 Å². The summed E-state index contributed by atoms with van der Waals surface area (Å²) in [6.45, 7) is 2.71. The zero-order chi connectivity index (χ0) is 26.4. The molecule has 5 aromatic rings. The Morgan fingerprint density at radius 1 is 1.16 bits per heavy atom. The Kier molecular flexibility index (Phi) is 5.76. The average Bonchev–Trinajstić information content (AvgIpc) is 3.63. The molecule has 0 spiro atoms. The lowest BCUT2D eigenvalue weighted by atomic mass is 10.1. The number of ether oxygens (including phenoxy) is 1. The number of thiazole rings is 1. The summed E-state index contributed by atoms with van der Waals surface area (Å²) >= 11 is 0.990. The number of nitrogens with zero attached hydrogens (tertiary/aromatic N) is 3. The van der Waals surface area contributed by atoms with Crippen molar-refractivity contribution in [3.8, 4) is 28.2 Å². The van der Waals surface area contributed by atoms with Crippen molar-refractivity contribution in [1.29, 1.82) is 0 Å². The molecule has 0 fully saturated rings. The van der Waals surface area contributed by atoms with E-state index in [9.17, 15) is 29.9 Å². The molecule has 0 amide bonds. The molecule has 37 heavy (non-hydrogen) atoms. The molecule has 0 aliphatic rings. The maximum Gasteiger partial charge on any atom is 0.303 e. The lowest BCUT2D eigenvalue weighted by Crippen LogP contribution is -2.03. The predicted octanol–water partition coefficient (Wildman–Crippen LogP) is 4.86. The number of aryl methyl sites for hydroxylation is 1. The first-order valence-electron chi connectivity index (χ1n) is 10.7. The van der Waals surface area contributed by atoms with Crippen LogP contribution in [0.2, 0.25) is 0 Å². The molecule has 12 nitrogen and oxygen atoms in total. The van der Waals surface area contributed by atoms with Crippen LogP contribution in [0.25, 0.3) is 26.8 Å². The van der Waals surface area contributed by atoms with Crippen LogP contribution in [-0.2, 0) is 16.1 Å². The molecule has 1 aromatic carbocycles. The monoisotopic (exact) mass is 523 g/mol. The number of ketones is 1. The van der Waals surface area contributed by atoms with E-state index in [0.29, 0.717) is 16.0 Å². The van der Waals surface area contributed by atoms with E-state index in [1.165, 1.54) is 43.3 Å². The zero-order valence-electron chi connectivity index (χ0n) is 19.3. The molecular weight excluding hydrogens is 506 g/mol. The number of hydrogen-bond donors (Lipinski definition) is 2. The standard InChI is InChI=1S/C24H17N3O9S/c1-11-3-7-17(35-11)21(29)19-20(16-8-5-14(36-16)10-34-12(2)28)26(23(31)22(19)30)24-25-15-6-4-13(27(32)33)9-18(15)37-24/h3-9,30-31H,10H2,1-2H3. The Bertz CT molecular complexity index is 1710. The molecule has 13 heteroatoms. The molecule has 0 atom stereocenters. The molecular formula is C24H17N3O9S. The minimum absolute atomic E-state index is 0.0447. The number of non-ortho nitro benzene ring substituents is 1. The van der Waals surface area contributed by atoms with Gasteiger partial charge in [0.2, 0.25) is 11.7 Å². The highest BCUT2D eigenvalue weighted by molar-refractivity contribution is 7.20. The number of aromatic hydroxyl groups is 2. The van der Waals surface area contributed by atoms with E-state index in [1.54, 1.807) is 13.0 Å². The summed E-state index contributed by atoms with van der Waals surface area (Å²) in [5.74, 6) is -2.03. The zero-order valence-corrected chi connectivity index (χ0v) is 20.1. The van der Waals surface area contributed by atoms with Crippen LogP contribution in [0.4, 0.5) is 5.69 Å². The first-order valence-corrected chi connectivity index (χ1v) is 11.5. The fourth-order valence-electron chi connectivity index (χ4n) is 3.73. The lowest BCUT2D eigenvalue weighted by Gasteiger charge is -2.06. The third kappa shape index (κ3) is 4.21. The molecule has 0 aliphatic carbocycles. The Morgan fingerprint density at radius 3 is 2.62 bits per heavy atom. The number of carbonyl (C=O) groups is 2. The van der Waals surface area contributed by atoms with Gasteiger partial charge in [0, 0.05) is 19.1 Å². The lowest BCUT2D eigenvalue weighted by molar-refractivity contribution is -0.384. The van der Waals surface area contributed by atoms with Crippen LogP contribution in [0.15, 0.2) is 51.3 Å². The summed E-state index contributed by atoms with van der Waals surface area (Å²) in [6, 6.07) is 10.1. The predicted molar refractivity (Wildman–Crippen MR) is 129 cm³/mol. The Labute approximate surface area is 211 Å². The van der Waals surface area contributed by atoms with Crippen molar-refractivity contribution < 1.29 is 38.3 Å². The van der Waals surface area contributed by atoms with Gasteiger partial charge in [-0.25, -0.2) is 9.55 Å². The van der Waals surface area contributed by atoms with E-state index in [2.05, 4.69) is 4.98 Å². The summed E-state index contributed by atoms with van der Waals surface area (Å²) in [5.41, 5.74) is -0.108. The number of hydrogen-bond acceptors (Lipinski definition) is 11. The van der Waals surface area contributed by atoms with Gasteiger partial charge in [0.15, 0.2) is 22.4 Å². The van der Waals surface area contributed by atoms with Gasteiger partial charge in [0.25, 0.3) is 5.69 Å². The van der Waals surface area contributed by atoms with E-state index in [1.807, 2.05) is 0 Å². The smallest absolute Gasteiger partial charge is 0.303 e.